The van der Waals surface area contributed by atoms with Gasteiger partial charge in [-0.05, 0) is 49.8 Å². The summed E-state index contributed by atoms with van der Waals surface area (Å²) in [6, 6.07) is 9.06. The first-order chi connectivity index (χ1) is 10.8. The molecule has 1 aromatic rings. The molecule has 0 saturated heterocycles. The van der Waals surface area contributed by atoms with Gasteiger partial charge in [-0.3, -0.25) is 4.79 Å². The number of carbonyl (C=O) groups is 1. The summed E-state index contributed by atoms with van der Waals surface area (Å²) in [7, 11) is 0. The van der Waals surface area contributed by atoms with Gasteiger partial charge in [0.1, 0.15) is 0 Å². The molecule has 1 aromatic carbocycles. The first kappa shape index (κ1) is 15.6. The largest absolute Gasteiger partial charge is 0.335 e. The number of thioether (sulfide) groups is 1. The van der Waals surface area contributed by atoms with Crippen LogP contribution in [0.5, 0.6) is 0 Å². The predicted molar refractivity (Wildman–Crippen MR) is 92.0 cm³/mol. The van der Waals surface area contributed by atoms with Crippen LogP contribution in [0.25, 0.3) is 0 Å². The van der Waals surface area contributed by atoms with Crippen LogP contribution in [0.3, 0.4) is 0 Å². The van der Waals surface area contributed by atoms with Gasteiger partial charge in [0.2, 0.25) is 5.91 Å². The number of nitrogens with zero attached hydrogens (tertiary/aromatic N) is 1. The molecule has 1 N–H and O–H groups in total. The van der Waals surface area contributed by atoms with Crippen LogP contribution in [0.4, 0.5) is 0 Å². The van der Waals surface area contributed by atoms with E-state index in [9.17, 15) is 4.79 Å². The van der Waals surface area contributed by atoms with Crippen molar-refractivity contribution in [3.8, 4) is 0 Å². The van der Waals surface area contributed by atoms with Crippen LogP contribution < -0.4 is 5.32 Å². The lowest BCUT2D eigenvalue weighted by atomic mass is 10.0. The number of nitrogens with one attached hydrogen (secondary N) is 1. The third kappa shape index (κ3) is 4.14. The van der Waals surface area contributed by atoms with E-state index < -0.39 is 0 Å². The Balaban J connectivity index is 1.64. The summed E-state index contributed by atoms with van der Waals surface area (Å²) in [4.78, 5) is 16.0. The van der Waals surface area contributed by atoms with Crippen molar-refractivity contribution in [1.82, 2.24) is 10.2 Å². The topological polar surface area (TPSA) is 32.3 Å². The number of amides is 1. The molecule has 2 aliphatic rings. The second kappa shape index (κ2) is 7.34. The van der Waals surface area contributed by atoms with E-state index in [1.807, 2.05) is 0 Å². The van der Waals surface area contributed by atoms with Crippen molar-refractivity contribution in [2.45, 2.75) is 43.2 Å². The molecule has 0 aromatic heterocycles. The number of hydrogen-bond donors (Lipinski definition) is 1. The van der Waals surface area contributed by atoms with Crippen molar-refractivity contribution in [1.29, 1.82) is 0 Å². The van der Waals surface area contributed by atoms with E-state index >= 15 is 0 Å². The van der Waals surface area contributed by atoms with Crippen LogP contribution in [0.15, 0.2) is 40.8 Å². The highest BCUT2D eigenvalue weighted by molar-refractivity contribution is 7.98. The molecule has 0 spiro atoms. The molecule has 1 amide bonds. The van der Waals surface area contributed by atoms with Crippen LogP contribution >= 0.6 is 11.8 Å². The van der Waals surface area contributed by atoms with Gasteiger partial charge in [0, 0.05) is 30.4 Å². The highest BCUT2D eigenvalue weighted by Crippen LogP contribution is 2.30. The molecule has 3 nitrogen and oxygen atoms in total. The summed E-state index contributed by atoms with van der Waals surface area (Å²) < 4.78 is 0. The van der Waals surface area contributed by atoms with Crippen LogP contribution in [0, 0.1) is 0 Å². The highest BCUT2D eigenvalue weighted by Gasteiger charge is 2.32. The van der Waals surface area contributed by atoms with Gasteiger partial charge in [0.05, 0.1) is 0 Å². The molecule has 1 aliphatic carbocycles. The lowest BCUT2D eigenvalue weighted by molar-refractivity contribution is -0.131. The first-order valence-electron chi connectivity index (χ1n) is 8.07. The van der Waals surface area contributed by atoms with Gasteiger partial charge in [-0.15, -0.1) is 11.8 Å². The summed E-state index contributed by atoms with van der Waals surface area (Å²) in [5.74, 6) is 0.296. The maximum absolute atomic E-state index is 12.7. The minimum Gasteiger partial charge on any atom is -0.335 e. The molecule has 3 rings (SSSR count). The maximum Gasteiger partial charge on any atom is 0.227 e. The molecule has 0 radical (unpaired) electrons. The molecule has 1 saturated carbocycles. The molecule has 1 fully saturated rings. The molecule has 0 atom stereocenters. The minimum atomic E-state index is 0.296. The number of rotatable bonds is 6. The third-order valence-electron chi connectivity index (χ3n) is 4.36. The van der Waals surface area contributed by atoms with Crippen LogP contribution in [-0.2, 0) is 11.3 Å². The Hall–Kier alpha value is -1.26. The lowest BCUT2D eigenvalue weighted by Crippen LogP contribution is -2.33. The second-order valence-corrected chi connectivity index (χ2v) is 6.97. The van der Waals surface area contributed by atoms with Gasteiger partial charge < -0.3 is 10.2 Å². The second-order valence-electron chi connectivity index (χ2n) is 6.09. The van der Waals surface area contributed by atoms with Gasteiger partial charge >= 0.3 is 0 Å². The van der Waals surface area contributed by atoms with Crippen molar-refractivity contribution < 1.29 is 4.79 Å². The Labute approximate surface area is 137 Å². The highest BCUT2D eigenvalue weighted by atomic mass is 32.2. The fourth-order valence-electron chi connectivity index (χ4n) is 2.86. The summed E-state index contributed by atoms with van der Waals surface area (Å²) in [6.45, 7) is 2.66. The van der Waals surface area contributed by atoms with Crippen molar-refractivity contribution in [3.63, 3.8) is 0 Å². The Morgan fingerprint density at radius 1 is 1.32 bits per heavy atom. The van der Waals surface area contributed by atoms with Crippen LogP contribution in [0.1, 0.15) is 31.2 Å². The van der Waals surface area contributed by atoms with Gasteiger partial charge in [-0.25, -0.2) is 0 Å². The summed E-state index contributed by atoms with van der Waals surface area (Å²) in [5.41, 5.74) is 2.53. The molecule has 0 unspecified atom stereocenters. The zero-order valence-electron chi connectivity index (χ0n) is 13.2. The Morgan fingerprint density at radius 2 is 2.09 bits per heavy atom. The molecule has 118 valence electrons. The quantitative estimate of drug-likeness (QED) is 0.646. The van der Waals surface area contributed by atoms with Gasteiger partial charge in [-0.2, -0.15) is 0 Å². The zero-order chi connectivity index (χ0) is 15.4. The Kier molecular flexibility index (Phi) is 5.21. The summed E-state index contributed by atoms with van der Waals surface area (Å²) in [5, 5.41) is 3.30. The van der Waals surface area contributed by atoms with E-state index in [2.05, 4.69) is 46.8 Å². The monoisotopic (exact) mass is 316 g/mol. The predicted octanol–water partition coefficient (Wildman–Crippen LogP) is 3.21. The lowest BCUT2D eigenvalue weighted by Gasteiger charge is -2.24. The number of hydrogen-bond acceptors (Lipinski definition) is 3. The van der Waals surface area contributed by atoms with E-state index in [1.165, 1.54) is 16.0 Å². The molecule has 22 heavy (non-hydrogen) atoms. The van der Waals surface area contributed by atoms with E-state index in [-0.39, 0.29) is 0 Å². The molecule has 0 bridgehead atoms. The van der Waals surface area contributed by atoms with E-state index in [4.69, 9.17) is 0 Å². The Morgan fingerprint density at radius 3 is 2.68 bits per heavy atom. The van der Waals surface area contributed by atoms with Crippen molar-refractivity contribution in [3.05, 3.63) is 41.5 Å². The molecule has 1 aliphatic heterocycles. The maximum atomic E-state index is 12.7. The molecular formula is C18H24N2OS. The molecular weight excluding hydrogens is 292 g/mol. The SMILES string of the molecule is CSc1ccc(CN(C(=O)CC2=CCNCC2)C2CC2)cc1. The number of carbonyl (C=O) groups excluding carboxylic acids is 1. The van der Waals surface area contributed by atoms with Crippen molar-refractivity contribution >= 4 is 17.7 Å². The van der Waals surface area contributed by atoms with Crippen LogP contribution in [-0.4, -0.2) is 36.2 Å². The number of benzene rings is 1. The zero-order valence-corrected chi connectivity index (χ0v) is 14.0. The standard InChI is InChI=1S/C18H24N2OS/c1-22-17-6-2-15(3-7-17)13-20(16-4-5-16)18(21)12-14-8-10-19-11-9-14/h2-3,6-8,16,19H,4-5,9-13H2,1H3. The Bertz CT molecular complexity index is 549. The van der Waals surface area contributed by atoms with E-state index in [0.717, 1.165) is 38.9 Å². The average Bonchev–Trinajstić information content (AvgIpc) is 3.39. The fourth-order valence-corrected chi connectivity index (χ4v) is 3.27. The average molecular weight is 316 g/mol. The summed E-state index contributed by atoms with van der Waals surface area (Å²) in [6.07, 6.45) is 8.19. The molecule has 4 heteroatoms. The first-order valence-corrected chi connectivity index (χ1v) is 9.30. The summed E-state index contributed by atoms with van der Waals surface area (Å²) >= 11 is 1.75. The van der Waals surface area contributed by atoms with Crippen molar-refractivity contribution in [2.75, 3.05) is 19.3 Å². The normalized spacial score (nSPS) is 18.0. The minimum absolute atomic E-state index is 0.296. The van der Waals surface area contributed by atoms with E-state index in [1.54, 1.807) is 11.8 Å². The van der Waals surface area contributed by atoms with Gasteiger partial charge in [0.15, 0.2) is 0 Å². The van der Waals surface area contributed by atoms with Crippen LogP contribution in [0.2, 0.25) is 0 Å². The van der Waals surface area contributed by atoms with E-state index in [0.29, 0.717) is 18.4 Å². The molecule has 1 heterocycles. The third-order valence-corrected chi connectivity index (χ3v) is 5.10. The van der Waals surface area contributed by atoms with Gasteiger partial charge in [0.25, 0.3) is 0 Å². The van der Waals surface area contributed by atoms with Gasteiger partial charge in [-0.1, -0.05) is 23.8 Å². The van der Waals surface area contributed by atoms with Crippen molar-refractivity contribution in [2.24, 2.45) is 0 Å². The smallest absolute Gasteiger partial charge is 0.227 e. The fraction of sp³-hybridized carbons (Fsp3) is 0.500.